The number of nitrogens with zero attached hydrogens (tertiary/aromatic N) is 2. The van der Waals surface area contributed by atoms with E-state index in [1.807, 2.05) is 0 Å². The van der Waals surface area contributed by atoms with Crippen molar-refractivity contribution in [2.24, 2.45) is 0 Å². The van der Waals surface area contributed by atoms with Crippen LogP contribution in [0.15, 0.2) is 12.1 Å². The topological polar surface area (TPSA) is 18.5 Å². The van der Waals surface area contributed by atoms with E-state index in [9.17, 15) is 13.2 Å². The van der Waals surface area contributed by atoms with Crippen LogP contribution in [0.3, 0.4) is 0 Å². The van der Waals surface area contributed by atoms with Crippen molar-refractivity contribution in [1.82, 2.24) is 15.1 Å². The highest BCUT2D eigenvalue weighted by Crippen LogP contribution is 2.20. The summed E-state index contributed by atoms with van der Waals surface area (Å²) in [5.74, 6) is -3.62. The number of hydrogen-bond donors (Lipinski definition) is 1. The average molecular weight is 285 g/mol. The van der Waals surface area contributed by atoms with Crippen LogP contribution in [0.2, 0.25) is 0 Å². The number of hydrogen-bond acceptors (Lipinski definition) is 3. The van der Waals surface area contributed by atoms with Crippen molar-refractivity contribution in [2.45, 2.75) is 12.6 Å². The van der Waals surface area contributed by atoms with Gasteiger partial charge in [0.2, 0.25) is 0 Å². The molecule has 2 saturated heterocycles. The monoisotopic (exact) mass is 285 g/mol. The predicted octanol–water partition coefficient (Wildman–Crippen LogP) is 1.19. The van der Waals surface area contributed by atoms with Crippen LogP contribution in [0.5, 0.6) is 0 Å². The minimum absolute atomic E-state index is 0.469. The van der Waals surface area contributed by atoms with Crippen LogP contribution in [0.1, 0.15) is 5.56 Å². The maximum Gasteiger partial charge on any atom is 0.194 e. The molecule has 110 valence electrons. The third kappa shape index (κ3) is 2.82. The molecule has 1 N–H and O–H groups in total. The maximum atomic E-state index is 13.1. The second kappa shape index (κ2) is 5.71. The molecule has 1 aromatic rings. The van der Waals surface area contributed by atoms with Crippen molar-refractivity contribution in [3.8, 4) is 0 Å². The van der Waals surface area contributed by atoms with Crippen molar-refractivity contribution in [3.63, 3.8) is 0 Å². The second-order valence-electron chi connectivity index (χ2n) is 5.51. The summed E-state index contributed by atoms with van der Waals surface area (Å²) in [5.41, 5.74) is 0.486. The Morgan fingerprint density at radius 2 is 1.65 bits per heavy atom. The van der Waals surface area contributed by atoms with Gasteiger partial charge in [-0.1, -0.05) is 0 Å². The summed E-state index contributed by atoms with van der Waals surface area (Å²) >= 11 is 0. The van der Waals surface area contributed by atoms with Crippen LogP contribution < -0.4 is 5.32 Å². The van der Waals surface area contributed by atoms with Crippen LogP contribution in [-0.2, 0) is 6.54 Å². The molecule has 3 rings (SSSR count). The van der Waals surface area contributed by atoms with Gasteiger partial charge in [-0.3, -0.25) is 9.80 Å². The molecule has 0 spiro atoms. The van der Waals surface area contributed by atoms with E-state index in [4.69, 9.17) is 0 Å². The highest BCUT2D eigenvalue weighted by Gasteiger charge is 2.32. The fourth-order valence-electron chi connectivity index (χ4n) is 2.91. The molecule has 2 aliphatic heterocycles. The predicted molar refractivity (Wildman–Crippen MR) is 69.8 cm³/mol. The number of rotatable bonds is 3. The first-order valence-electron chi connectivity index (χ1n) is 6.94. The fourth-order valence-corrected chi connectivity index (χ4v) is 2.91. The molecule has 20 heavy (non-hydrogen) atoms. The molecule has 0 aromatic heterocycles. The lowest BCUT2D eigenvalue weighted by molar-refractivity contribution is 0.0222. The summed E-state index contributed by atoms with van der Waals surface area (Å²) < 4.78 is 39.1. The Balaban J connectivity index is 1.53. The van der Waals surface area contributed by atoms with Gasteiger partial charge in [-0.05, 0) is 17.7 Å². The van der Waals surface area contributed by atoms with Gasteiger partial charge in [0, 0.05) is 51.9 Å². The Labute approximate surface area is 116 Å². The van der Waals surface area contributed by atoms with Crippen LogP contribution in [0, 0.1) is 17.5 Å². The molecule has 6 heteroatoms. The van der Waals surface area contributed by atoms with Crippen molar-refractivity contribution in [1.29, 1.82) is 0 Å². The lowest BCUT2D eigenvalue weighted by atomic mass is 10.0. The van der Waals surface area contributed by atoms with E-state index in [0.717, 1.165) is 51.4 Å². The van der Waals surface area contributed by atoms with Crippen LogP contribution >= 0.6 is 0 Å². The SMILES string of the molecule is Fc1cc(CN2CC(N3CCNCC3)C2)cc(F)c1F. The Kier molecular flexibility index (Phi) is 3.96. The largest absolute Gasteiger partial charge is 0.314 e. The van der Waals surface area contributed by atoms with Crippen molar-refractivity contribution < 1.29 is 13.2 Å². The van der Waals surface area contributed by atoms with Crippen LogP contribution in [-0.4, -0.2) is 55.1 Å². The van der Waals surface area contributed by atoms with Crippen molar-refractivity contribution in [2.75, 3.05) is 39.3 Å². The first kappa shape index (κ1) is 13.9. The Bertz CT molecular complexity index is 460. The summed E-state index contributed by atoms with van der Waals surface area (Å²) in [6, 6.07) is 2.69. The first-order chi connectivity index (χ1) is 9.63. The third-order valence-corrected chi connectivity index (χ3v) is 4.06. The zero-order valence-electron chi connectivity index (χ0n) is 11.2. The zero-order valence-corrected chi connectivity index (χ0v) is 11.2. The Hall–Kier alpha value is -1.11. The van der Waals surface area contributed by atoms with Gasteiger partial charge in [-0.2, -0.15) is 0 Å². The molecule has 0 unspecified atom stereocenters. The fraction of sp³-hybridized carbons (Fsp3) is 0.571. The van der Waals surface area contributed by atoms with E-state index >= 15 is 0 Å². The smallest absolute Gasteiger partial charge is 0.194 e. The number of halogens is 3. The molecule has 0 amide bonds. The van der Waals surface area contributed by atoms with Crippen LogP contribution in [0.4, 0.5) is 13.2 Å². The van der Waals surface area contributed by atoms with E-state index in [2.05, 4.69) is 15.1 Å². The third-order valence-electron chi connectivity index (χ3n) is 4.06. The summed E-state index contributed by atoms with van der Waals surface area (Å²) in [6.07, 6.45) is 0. The van der Waals surface area contributed by atoms with Gasteiger partial charge in [0.25, 0.3) is 0 Å². The van der Waals surface area contributed by atoms with E-state index in [0.29, 0.717) is 18.2 Å². The molecule has 0 radical (unpaired) electrons. The number of piperazine rings is 1. The van der Waals surface area contributed by atoms with Crippen LogP contribution in [0.25, 0.3) is 0 Å². The molecule has 0 atom stereocenters. The molecule has 0 saturated carbocycles. The van der Waals surface area contributed by atoms with Crippen molar-refractivity contribution in [3.05, 3.63) is 35.1 Å². The van der Waals surface area contributed by atoms with Gasteiger partial charge in [-0.15, -0.1) is 0 Å². The lowest BCUT2D eigenvalue weighted by Gasteiger charge is -2.46. The molecule has 0 aliphatic carbocycles. The van der Waals surface area contributed by atoms with E-state index < -0.39 is 17.5 Å². The average Bonchev–Trinajstić information content (AvgIpc) is 2.40. The van der Waals surface area contributed by atoms with Gasteiger partial charge in [-0.25, -0.2) is 13.2 Å². The minimum atomic E-state index is -1.39. The molecule has 2 heterocycles. The number of likely N-dealkylation sites (tertiary alicyclic amines) is 1. The molecular weight excluding hydrogens is 267 g/mol. The molecule has 1 aromatic carbocycles. The van der Waals surface area contributed by atoms with E-state index in [1.54, 1.807) is 0 Å². The summed E-state index contributed by atoms with van der Waals surface area (Å²) in [7, 11) is 0. The number of nitrogens with one attached hydrogen (secondary N) is 1. The highest BCUT2D eigenvalue weighted by atomic mass is 19.2. The molecule has 0 bridgehead atoms. The minimum Gasteiger partial charge on any atom is -0.314 e. The molecule has 3 nitrogen and oxygen atoms in total. The van der Waals surface area contributed by atoms with Gasteiger partial charge < -0.3 is 5.32 Å². The summed E-state index contributed by atoms with van der Waals surface area (Å²) in [5, 5.41) is 3.31. The van der Waals surface area contributed by atoms with Gasteiger partial charge >= 0.3 is 0 Å². The van der Waals surface area contributed by atoms with E-state index in [1.165, 1.54) is 0 Å². The maximum absolute atomic E-state index is 13.1. The molecule has 2 aliphatic rings. The quantitative estimate of drug-likeness (QED) is 0.842. The van der Waals surface area contributed by atoms with Gasteiger partial charge in [0.15, 0.2) is 17.5 Å². The zero-order chi connectivity index (χ0) is 14.1. The van der Waals surface area contributed by atoms with Crippen molar-refractivity contribution >= 4 is 0 Å². The Morgan fingerprint density at radius 1 is 1.05 bits per heavy atom. The number of benzene rings is 1. The lowest BCUT2D eigenvalue weighted by Crippen LogP contribution is -2.62. The standard InChI is InChI=1S/C14H18F3N3/c15-12-5-10(6-13(16)14(12)17)7-19-8-11(9-19)20-3-1-18-2-4-20/h5-6,11,18H,1-4,7-9H2. The molecular formula is C14H18F3N3. The Morgan fingerprint density at radius 3 is 2.25 bits per heavy atom. The highest BCUT2D eigenvalue weighted by molar-refractivity contribution is 5.19. The summed E-state index contributed by atoms with van der Waals surface area (Å²) in [4.78, 5) is 4.57. The van der Waals surface area contributed by atoms with Gasteiger partial charge in [0.1, 0.15) is 0 Å². The van der Waals surface area contributed by atoms with E-state index in [-0.39, 0.29) is 0 Å². The van der Waals surface area contributed by atoms with Gasteiger partial charge in [0.05, 0.1) is 0 Å². The second-order valence-corrected chi connectivity index (χ2v) is 5.51. The summed E-state index contributed by atoms with van der Waals surface area (Å²) in [6.45, 7) is 6.42. The first-order valence-corrected chi connectivity index (χ1v) is 6.94. The normalized spacial score (nSPS) is 21.9. The molecule has 2 fully saturated rings.